The predicted molar refractivity (Wildman–Crippen MR) is 112 cm³/mol. The lowest BCUT2D eigenvalue weighted by atomic mass is 9.98. The van der Waals surface area contributed by atoms with Gasteiger partial charge >= 0.3 is 5.97 Å². The second-order valence-corrected chi connectivity index (χ2v) is 7.58. The Hall–Kier alpha value is -2.14. The van der Waals surface area contributed by atoms with Gasteiger partial charge in [0.1, 0.15) is 5.75 Å². The van der Waals surface area contributed by atoms with Gasteiger partial charge in [-0.1, -0.05) is 54.8 Å². The van der Waals surface area contributed by atoms with Crippen LogP contribution < -0.4 is 10.1 Å². The average molecular weight is 432 g/mol. The average Bonchev–Trinajstić information content (AvgIpc) is 2.61. The third-order valence-electron chi connectivity index (χ3n) is 4.28. The summed E-state index contributed by atoms with van der Waals surface area (Å²) < 4.78 is 6.54. The van der Waals surface area contributed by atoms with Gasteiger partial charge in [0.05, 0.1) is 11.5 Å². The lowest BCUT2D eigenvalue weighted by Crippen LogP contribution is -2.22. The van der Waals surface area contributed by atoms with Crippen LogP contribution in [0.5, 0.6) is 5.75 Å². The van der Waals surface area contributed by atoms with Crippen molar-refractivity contribution in [1.82, 2.24) is 0 Å². The fraction of sp³-hybridized carbons (Fsp3) is 0.364. The highest BCUT2D eigenvalue weighted by Gasteiger charge is 2.22. The van der Waals surface area contributed by atoms with Gasteiger partial charge in [-0.2, -0.15) is 0 Å². The first-order valence-electron chi connectivity index (χ1n) is 9.33. The van der Waals surface area contributed by atoms with Crippen LogP contribution in [-0.2, 0) is 4.79 Å². The molecule has 2 aromatic rings. The molecule has 0 radical (unpaired) electrons. The molecule has 5 heteroatoms. The molecular weight excluding hydrogens is 406 g/mol. The van der Waals surface area contributed by atoms with Gasteiger partial charge in [0.25, 0.3) is 5.91 Å². The van der Waals surface area contributed by atoms with Crippen LogP contribution in [0.4, 0.5) is 5.69 Å². The van der Waals surface area contributed by atoms with E-state index in [9.17, 15) is 9.59 Å². The molecule has 0 fully saturated rings. The smallest absolute Gasteiger partial charge is 0.314 e. The normalized spacial score (nSPS) is 10.7. The van der Waals surface area contributed by atoms with Gasteiger partial charge < -0.3 is 10.1 Å². The molecule has 0 bridgehead atoms. The number of ether oxygens (including phenoxy) is 1. The molecule has 0 saturated carbocycles. The summed E-state index contributed by atoms with van der Waals surface area (Å²) in [5.74, 6) is -0.398. The molecule has 0 aliphatic heterocycles. The lowest BCUT2D eigenvalue weighted by Gasteiger charge is -2.16. The maximum absolute atomic E-state index is 12.7. The van der Waals surface area contributed by atoms with Crippen LogP contribution in [-0.4, -0.2) is 11.9 Å². The standard InChI is InChI=1S/C22H26BrNO3/c1-4-7-16(8-5-2)22(26)27-20-13-15(3)11-12-19(20)21(25)24-18-10-6-9-17(23)14-18/h6,9-14,16H,4-5,7-8H2,1-3H3,(H,24,25). The summed E-state index contributed by atoms with van der Waals surface area (Å²) in [6.07, 6.45) is 3.42. The number of carbonyl (C=O) groups is 2. The van der Waals surface area contributed by atoms with E-state index in [2.05, 4.69) is 35.1 Å². The summed E-state index contributed by atoms with van der Waals surface area (Å²) in [5, 5.41) is 2.85. The first kappa shape index (κ1) is 21.2. The van der Waals surface area contributed by atoms with Gasteiger partial charge in [0, 0.05) is 10.2 Å². The summed E-state index contributed by atoms with van der Waals surface area (Å²) in [6.45, 7) is 6.02. The molecule has 27 heavy (non-hydrogen) atoms. The highest BCUT2D eigenvalue weighted by atomic mass is 79.9. The number of rotatable bonds is 8. The molecule has 0 heterocycles. The summed E-state index contributed by atoms with van der Waals surface area (Å²) in [7, 11) is 0. The van der Waals surface area contributed by atoms with Gasteiger partial charge in [0.15, 0.2) is 0 Å². The molecule has 4 nitrogen and oxygen atoms in total. The van der Waals surface area contributed by atoms with Crippen LogP contribution in [0.15, 0.2) is 46.9 Å². The number of amides is 1. The van der Waals surface area contributed by atoms with Crippen molar-refractivity contribution < 1.29 is 14.3 Å². The van der Waals surface area contributed by atoms with Gasteiger partial charge in [-0.05, 0) is 55.7 Å². The molecule has 2 rings (SSSR count). The molecule has 0 aromatic heterocycles. The van der Waals surface area contributed by atoms with Crippen LogP contribution in [0.3, 0.4) is 0 Å². The molecule has 0 spiro atoms. The van der Waals surface area contributed by atoms with Crippen molar-refractivity contribution in [3.05, 3.63) is 58.1 Å². The molecular formula is C22H26BrNO3. The van der Waals surface area contributed by atoms with E-state index < -0.39 is 0 Å². The zero-order valence-corrected chi connectivity index (χ0v) is 17.6. The molecule has 0 aliphatic carbocycles. The van der Waals surface area contributed by atoms with Crippen LogP contribution in [0.25, 0.3) is 0 Å². The van der Waals surface area contributed by atoms with Gasteiger partial charge in [-0.25, -0.2) is 0 Å². The zero-order chi connectivity index (χ0) is 19.8. The number of carbonyl (C=O) groups excluding carboxylic acids is 2. The molecule has 0 unspecified atom stereocenters. The fourth-order valence-electron chi connectivity index (χ4n) is 2.93. The number of hydrogen-bond donors (Lipinski definition) is 1. The number of anilines is 1. The Kier molecular flexibility index (Phi) is 8.04. The molecule has 1 N–H and O–H groups in total. The van der Waals surface area contributed by atoms with E-state index in [1.165, 1.54) is 0 Å². The third kappa shape index (κ3) is 6.21. The molecule has 0 atom stereocenters. The third-order valence-corrected chi connectivity index (χ3v) is 4.78. The van der Waals surface area contributed by atoms with Crippen LogP contribution in [0.1, 0.15) is 55.5 Å². The van der Waals surface area contributed by atoms with E-state index in [1.54, 1.807) is 18.2 Å². The minimum Gasteiger partial charge on any atom is -0.425 e. The van der Waals surface area contributed by atoms with Crippen molar-refractivity contribution >= 4 is 33.5 Å². The largest absolute Gasteiger partial charge is 0.425 e. The second-order valence-electron chi connectivity index (χ2n) is 6.66. The molecule has 2 aromatic carbocycles. The van der Waals surface area contributed by atoms with Gasteiger partial charge in [0.2, 0.25) is 0 Å². The number of halogens is 1. The molecule has 144 valence electrons. The number of benzene rings is 2. The highest BCUT2D eigenvalue weighted by molar-refractivity contribution is 9.10. The summed E-state index contributed by atoms with van der Waals surface area (Å²) >= 11 is 3.39. The number of nitrogens with one attached hydrogen (secondary N) is 1. The second kappa shape index (κ2) is 10.3. The number of hydrogen-bond acceptors (Lipinski definition) is 3. The van der Waals surface area contributed by atoms with E-state index in [4.69, 9.17) is 4.74 Å². The van der Waals surface area contributed by atoms with Gasteiger partial charge in [-0.15, -0.1) is 0 Å². The monoisotopic (exact) mass is 431 g/mol. The quantitative estimate of drug-likeness (QED) is 0.403. The van der Waals surface area contributed by atoms with Crippen molar-refractivity contribution in [1.29, 1.82) is 0 Å². The number of aryl methyl sites for hydroxylation is 1. The Bertz CT molecular complexity index is 798. The molecule has 1 amide bonds. The zero-order valence-electron chi connectivity index (χ0n) is 16.0. The minimum absolute atomic E-state index is 0.137. The van der Waals surface area contributed by atoms with E-state index in [0.29, 0.717) is 17.0 Å². The Morgan fingerprint density at radius 3 is 2.41 bits per heavy atom. The predicted octanol–water partition coefficient (Wildman–Crippen LogP) is 6.13. The van der Waals surface area contributed by atoms with Crippen molar-refractivity contribution in [3.8, 4) is 5.75 Å². The maximum atomic E-state index is 12.7. The maximum Gasteiger partial charge on any atom is 0.314 e. The van der Waals surface area contributed by atoms with Crippen LogP contribution >= 0.6 is 15.9 Å². The summed E-state index contributed by atoms with van der Waals surface area (Å²) in [6, 6.07) is 12.6. The van der Waals surface area contributed by atoms with Crippen molar-refractivity contribution in [2.24, 2.45) is 5.92 Å². The molecule has 0 saturated heterocycles. The topological polar surface area (TPSA) is 55.4 Å². The lowest BCUT2D eigenvalue weighted by molar-refractivity contribution is -0.139. The van der Waals surface area contributed by atoms with Crippen molar-refractivity contribution in [2.75, 3.05) is 5.32 Å². The summed E-state index contributed by atoms with van der Waals surface area (Å²) in [4.78, 5) is 25.4. The van der Waals surface area contributed by atoms with Crippen LogP contribution in [0.2, 0.25) is 0 Å². The van der Waals surface area contributed by atoms with E-state index in [-0.39, 0.29) is 17.8 Å². The number of esters is 1. The van der Waals surface area contributed by atoms with Gasteiger partial charge in [-0.3, -0.25) is 9.59 Å². The Morgan fingerprint density at radius 1 is 1.07 bits per heavy atom. The first-order chi connectivity index (χ1) is 12.9. The Morgan fingerprint density at radius 2 is 1.78 bits per heavy atom. The van der Waals surface area contributed by atoms with Crippen LogP contribution in [0, 0.1) is 12.8 Å². The highest BCUT2D eigenvalue weighted by Crippen LogP contribution is 2.25. The van der Waals surface area contributed by atoms with Crippen molar-refractivity contribution in [3.63, 3.8) is 0 Å². The van der Waals surface area contributed by atoms with E-state index >= 15 is 0 Å². The van der Waals surface area contributed by atoms with Crippen molar-refractivity contribution in [2.45, 2.75) is 46.5 Å². The SMILES string of the molecule is CCCC(CCC)C(=O)Oc1cc(C)ccc1C(=O)Nc1cccc(Br)c1. The minimum atomic E-state index is -0.307. The molecule has 0 aliphatic rings. The Labute approximate surface area is 169 Å². The first-order valence-corrected chi connectivity index (χ1v) is 10.1. The Balaban J connectivity index is 2.22. The van der Waals surface area contributed by atoms with E-state index in [1.807, 2.05) is 31.2 Å². The van der Waals surface area contributed by atoms with E-state index in [0.717, 1.165) is 35.7 Å². The fourth-order valence-corrected chi connectivity index (χ4v) is 3.33. The summed E-state index contributed by atoms with van der Waals surface area (Å²) in [5.41, 5.74) is 1.95.